The van der Waals surface area contributed by atoms with E-state index in [0.717, 1.165) is 30.0 Å². The van der Waals surface area contributed by atoms with E-state index in [1.165, 1.54) is 10.6 Å². The highest BCUT2D eigenvalue weighted by Crippen LogP contribution is 2.33. The van der Waals surface area contributed by atoms with Crippen LogP contribution >= 0.6 is 11.8 Å². The van der Waals surface area contributed by atoms with Crippen LogP contribution in [0.3, 0.4) is 0 Å². The van der Waals surface area contributed by atoms with E-state index < -0.39 is 0 Å². The number of rotatable bonds is 4. The highest BCUT2D eigenvalue weighted by Gasteiger charge is 2.22. The van der Waals surface area contributed by atoms with Crippen molar-refractivity contribution in [2.45, 2.75) is 25.2 Å². The monoisotopic (exact) mass is 340 g/mol. The second kappa shape index (κ2) is 7.75. The number of anilines is 2. The fourth-order valence-electron chi connectivity index (χ4n) is 3.16. The van der Waals surface area contributed by atoms with Gasteiger partial charge in [-0.3, -0.25) is 4.79 Å². The van der Waals surface area contributed by atoms with Crippen LogP contribution in [0.2, 0.25) is 0 Å². The number of nitrogens with zero attached hydrogens (tertiary/aromatic N) is 2. The highest BCUT2D eigenvalue weighted by atomic mass is 32.2. The number of hydrogen-bond donors (Lipinski definition) is 0. The summed E-state index contributed by atoms with van der Waals surface area (Å²) in [4.78, 5) is 18.4. The lowest BCUT2D eigenvalue weighted by Crippen LogP contribution is -2.41. The molecule has 0 atom stereocenters. The predicted octanol–water partition coefficient (Wildman–Crippen LogP) is 4.35. The minimum absolute atomic E-state index is 0.161. The van der Waals surface area contributed by atoms with Gasteiger partial charge in [-0.1, -0.05) is 30.3 Å². The Kier molecular flexibility index (Phi) is 5.46. The van der Waals surface area contributed by atoms with E-state index in [2.05, 4.69) is 42.2 Å². The van der Waals surface area contributed by atoms with Gasteiger partial charge in [0.15, 0.2) is 0 Å². The third kappa shape index (κ3) is 3.59. The number of amides is 1. The van der Waals surface area contributed by atoms with Crippen LogP contribution in [0.15, 0.2) is 53.4 Å². The molecule has 1 aliphatic heterocycles. The number of benzene rings is 2. The van der Waals surface area contributed by atoms with Crippen LogP contribution in [0.4, 0.5) is 11.4 Å². The Morgan fingerprint density at radius 2 is 1.92 bits per heavy atom. The number of thioether (sulfide) groups is 1. The van der Waals surface area contributed by atoms with E-state index in [4.69, 9.17) is 0 Å². The third-order valence-corrected chi connectivity index (χ3v) is 5.53. The van der Waals surface area contributed by atoms with Gasteiger partial charge < -0.3 is 9.80 Å². The van der Waals surface area contributed by atoms with E-state index in [0.29, 0.717) is 13.1 Å². The Bertz CT molecular complexity index is 716. The lowest BCUT2D eigenvalue weighted by atomic mass is 10.1. The summed E-state index contributed by atoms with van der Waals surface area (Å²) in [6, 6.07) is 16.5. The largest absolute Gasteiger partial charge is 0.361 e. The molecule has 0 N–H and O–H groups in total. The number of carbonyl (C=O) groups excluding carboxylic acids is 1. The first kappa shape index (κ1) is 16.9. The molecule has 1 aliphatic rings. The standard InChI is InChI=1S/C20H24N2OS/c1-3-22(17-10-5-4-9-16(17)2)20(23)15-21-13-8-14-24-19-12-7-6-11-18(19)21/h4-7,9-12H,3,8,13-15H2,1-2H3. The van der Waals surface area contributed by atoms with Crippen molar-refractivity contribution in [3.05, 3.63) is 54.1 Å². The number of para-hydroxylation sites is 2. The molecule has 2 aromatic carbocycles. The second-order valence-electron chi connectivity index (χ2n) is 6.02. The fraction of sp³-hybridized carbons (Fsp3) is 0.350. The summed E-state index contributed by atoms with van der Waals surface area (Å²) in [5, 5.41) is 0. The van der Waals surface area contributed by atoms with E-state index in [-0.39, 0.29) is 5.91 Å². The molecule has 1 amide bonds. The maximum absolute atomic E-state index is 13.0. The molecule has 0 fully saturated rings. The summed E-state index contributed by atoms with van der Waals surface area (Å²) in [7, 11) is 0. The summed E-state index contributed by atoms with van der Waals surface area (Å²) in [6.07, 6.45) is 1.10. The van der Waals surface area contributed by atoms with Gasteiger partial charge in [0.05, 0.1) is 12.2 Å². The molecule has 4 heteroatoms. The van der Waals surface area contributed by atoms with Crippen molar-refractivity contribution in [2.75, 3.05) is 35.2 Å². The average molecular weight is 340 g/mol. The van der Waals surface area contributed by atoms with Gasteiger partial charge >= 0.3 is 0 Å². The molecule has 0 aliphatic carbocycles. The van der Waals surface area contributed by atoms with Crippen LogP contribution < -0.4 is 9.80 Å². The van der Waals surface area contributed by atoms with Crippen LogP contribution in [-0.2, 0) is 4.79 Å². The number of aryl methyl sites for hydroxylation is 1. The normalized spacial score (nSPS) is 14.0. The molecule has 0 unspecified atom stereocenters. The van der Waals surface area contributed by atoms with E-state index >= 15 is 0 Å². The molecular weight excluding hydrogens is 316 g/mol. The quantitative estimate of drug-likeness (QED) is 0.827. The first-order chi connectivity index (χ1) is 11.7. The molecule has 126 valence electrons. The summed E-state index contributed by atoms with van der Waals surface area (Å²) < 4.78 is 0. The van der Waals surface area contributed by atoms with Gasteiger partial charge in [-0.05, 0) is 49.8 Å². The van der Waals surface area contributed by atoms with Gasteiger partial charge in [0.1, 0.15) is 0 Å². The number of fused-ring (bicyclic) bond motifs is 1. The number of carbonyl (C=O) groups is 1. The van der Waals surface area contributed by atoms with Gasteiger partial charge in [0.2, 0.25) is 5.91 Å². The molecule has 0 radical (unpaired) electrons. The summed E-state index contributed by atoms with van der Waals surface area (Å²) >= 11 is 1.89. The number of hydrogen-bond acceptors (Lipinski definition) is 3. The van der Waals surface area contributed by atoms with Crippen molar-refractivity contribution in [1.29, 1.82) is 0 Å². The second-order valence-corrected chi connectivity index (χ2v) is 7.15. The molecule has 0 saturated carbocycles. The first-order valence-electron chi connectivity index (χ1n) is 8.53. The lowest BCUT2D eigenvalue weighted by molar-refractivity contribution is -0.117. The van der Waals surface area contributed by atoms with Crippen LogP contribution in [0, 0.1) is 6.92 Å². The van der Waals surface area contributed by atoms with Crippen molar-refractivity contribution in [2.24, 2.45) is 0 Å². The lowest BCUT2D eigenvalue weighted by Gasteiger charge is -2.29. The van der Waals surface area contributed by atoms with Crippen LogP contribution in [0.25, 0.3) is 0 Å². The minimum Gasteiger partial charge on any atom is -0.361 e. The average Bonchev–Trinajstić information content (AvgIpc) is 2.80. The zero-order valence-corrected chi connectivity index (χ0v) is 15.2. The van der Waals surface area contributed by atoms with E-state index in [1.807, 2.05) is 41.8 Å². The van der Waals surface area contributed by atoms with Crippen LogP contribution in [0.5, 0.6) is 0 Å². The SMILES string of the molecule is CCN(C(=O)CN1CCCSc2ccccc21)c1ccccc1C. The Morgan fingerprint density at radius 1 is 1.17 bits per heavy atom. The molecule has 3 nitrogen and oxygen atoms in total. The molecule has 0 aromatic heterocycles. The van der Waals surface area contributed by atoms with Crippen LogP contribution in [-0.4, -0.2) is 31.3 Å². The molecule has 2 aromatic rings. The molecule has 3 rings (SSSR count). The zero-order valence-electron chi connectivity index (χ0n) is 14.4. The van der Waals surface area contributed by atoms with E-state index in [1.54, 1.807) is 0 Å². The Balaban J connectivity index is 1.82. The third-order valence-electron chi connectivity index (χ3n) is 4.39. The van der Waals surface area contributed by atoms with Crippen molar-refractivity contribution >= 4 is 29.0 Å². The van der Waals surface area contributed by atoms with Gasteiger partial charge in [0, 0.05) is 23.7 Å². The Morgan fingerprint density at radius 3 is 2.71 bits per heavy atom. The highest BCUT2D eigenvalue weighted by molar-refractivity contribution is 7.99. The van der Waals surface area contributed by atoms with Gasteiger partial charge in [-0.25, -0.2) is 0 Å². The molecule has 24 heavy (non-hydrogen) atoms. The van der Waals surface area contributed by atoms with Crippen molar-refractivity contribution in [3.63, 3.8) is 0 Å². The summed E-state index contributed by atoms with van der Waals surface area (Å²) in [5.74, 6) is 1.27. The topological polar surface area (TPSA) is 23.6 Å². The van der Waals surface area contributed by atoms with Gasteiger partial charge in [0.25, 0.3) is 0 Å². The summed E-state index contributed by atoms with van der Waals surface area (Å²) in [5.41, 5.74) is 3.34. The Labute approximate surface area is 148 Å². The molecule has 0 bridgehead atoms. The molecule has 0 spiro atoms. The van der Waals surface area contributed by atoms with Gasteiger partial charge in [-0.2, -0.15) is 0 Å². The number of likely N-dealkylation sites (N-methyl/N-ethyl adjacent to an activating group) is 1. The predicted molar refractivity (Wildman–Crippen MR) is 103 cm³/mol. The first-order valence-corrected chi connectivity index (χ1v) is 9.52. The van der Waals surface area contributed by atoms with Crippen molar-refractivity contribution in [1.82, 2.24) is 0 Å². The maximum atomic E-state index is 13.0. The minimum atomic E-state index is 0.161. The zero-order chi connectivity index (χ0) is 16.9. The Hall–Kier alpha value is -1.94. The van der Waals surface area contributed by atoms with Crippen LogP contribution in [0.1, 0.15) is 18.9 Å². The molecule has 0 saturated heterocycles. The van der Waals surface area contributed by atoms with E-state index in [9.17, 15) is 4.79 Å². The molecule has 1 heterocycles. The fourth-order valence-corrected chi connectivity index (χ4v) is 4.17. The van der Waals surface area contributed by atoms with Crippen molar-refractivity contribution in [3.8, 4) is 0 Å². The maximum Gasteiger partial charge on any atom is 0.246 e. The van der Waals surface area contributed by atoms with Gasteiger partial charge in [-0.15, -0.1) is 11.8 Å². The smallest absolute Gasteiger partial charge is 0.246 e. The molecular formula is C20H24N2OS. The summed E-state index contributed by atoms with van der Waals surface area (Å²) in [6.45, 7) is 6.15. The van der Waals surface area contributed by atoms with Crippen molar-refractivity contribution < 1.29 is 4.79 Å².